The van der Waals surface area contributed by atoms with Crippen LogP contribution in [0.5, 0.6) is 0 Å². The number of halogens is 1. The molecular formula is C21H17ClN4O3S. The number of carbonyl (C=O) groups is 2. The predicted octanol–water partition coefficient (Wildman–Crippen LogP) is 4.06. The predicted molar refractivity (Wildman–Crippen MR) is 115 cm³/mol. The standard InChI is InChI=1S/C21H17ClN4O3S/c22-17-8-4-5-9-18(17)30-11-10-20(28)29-14-19(27)25-21-15(12-23)13-24-26(21)16-6-2-1-3-7-16/h1-9,13H,10-11,14H2,(H,25,27). The molecule has 0 saturated carbocycles. The van der Waals surface area contributed by atoms with Gasteiger partial charge < -0.3 is 10.1 Å². The van der Waals surface area contributed by atoms with E-state index in [1.165, 1.54) is 22.6 Å². The van der Waals surface area contributed by atoms with Crippen molar-refractivity contribution in [1.82, 2.24) is 9.78 Å². The molecule has 1 amide bonds. The third kappa shape index (κ3) is 5.63. The minimum absolute atomic E-state index is 0.133. The van der Waals surface area contributed by atoms with E-state index in [0.717, 1.165) is 4.90 Å². The van der Waals surface area contributed by atoms with Crippen LogP contribution in [0.2, 0.25) is 5.02 Å². The van der Waals surface area contributed by atoms with E-state index in [1.807, 2.05) is 42.5 Å². The second-order valence-electron chi connectivity index (χ2n) is 6.00. The minimum Gasteiger partial charge on any atom is -0.456 e. The molecule has 0 fully saturated rings. The summed E-state index contributed by atoms with van der Waals surface area (Å²) >= 11 is 7.51. The second-order valence-corrected chi connectivity index (χ2v) is 7.55. The number of nitrogens with one attached hydrogen (secondary N) is 1. The van der Waals surface area contributed by atoms with Crippen molar-refractivity contribution in [3.8, 4) is 11.8 Å². The van der Waals surface area contributed by atoms with Crippen LogP contribution in [0, 0.1) is 11.3 Å². The van der Waals surface area contributed by atoms with E-state index in [1.54, 1.807) is 18.2 Å². The molecule has 0 atom stereocenters. The average Bonchev–Trinajstić information content (AvgIpc) is 3.16. The van der Waals surface area contributed by atoms with Gasteiger partial charge in [-0.15, -0.1) is 11.8 Å². The number of ether oxygens (including phenoxy) is 1. The summed E-state index contributed by atoms with van der Waals surface area (Å²) in [6, 6.07) is 18.4. The van der Waals surface area contributed by atoms with Crippen LogP contribution in [0.15, 0.2) is 65.7 Å². The molecular weight excluding hydrogens is 424 g/mol. The number of hydrogen-bond acceptors (Lipinski definition) is 6. The van der Waals surface area contributed by atoms with Gasteiger partial charge in [0, 0.05) is 10.6 Å². The molecule has 1 heterocycles. The van der Waals surface area contributed by atoms with Crippen molar-refractivity contribution in [2.75, 3.05) is 17.7 Å². The van der Waals surface area contributed by atoms with E-state index in [0.29, 0.717) is 16.5 Å². The highest BCUT2D eigenvalue weighted by Crippen LogP contribution is 2.27. The molecule has 1 N–H and O–H groups in total. The molecule has 0 aliphatic carbocycles. The number of benzene rings is 2. The number of nitriles is 1. The number of nitrogens with zero attached hydrogens (tertiary/aromatic N) is 3. The lowest BCUT2D eigenvalue weighted by Crippen LogP contribution is -2.23. The van der Waals surface area contributed by atoms with Gasteiger partial charge in [-0.2, -0.15) is 10.4 Å². The summed E-state index contributed by atoms with van der Waals surface area (Å²) in [7, 11) is 0. The largest absolute Gasteiger partial charge is 0.456 e. The maximum Gasteiger partial charge on any atom is 0.307 e. The number of hydrogen-bond donors (Lipinski definition) is 1. The lowest BCUT2D eigenvalue weighted by Gasteiger charge is -2.10. The molecule has 30 heavy (non-hydrogen) atoms. The monoisotopic (exact) mass is 440 g/mol. The van der Waals surface area contributed by atoms with Crippen molar-refractivity contribution in [3.05, 3.63) is 71.4 Å². The Kier molecular flexibility index (Phi) is 7.49. The lowest BCUT2D eigenvalue weighted by atomic mass is 10.3. The van der Waals surface area contributed by atoms with E-state index in [9.17, 15) is 14.9 Å². The lowest BCUT2D eigenvalue weighted by molar-refractivity contribution is -0.146. The summed E-state index contributed by atoms with van der Waals surface area (Å²) in [6.45, 7) is -0.458. The van der Waals surface area contributed by atoms with Gasteiger partial charge in [0.05, 0.1) is 23.3 Å². The van der Waals surface area contributed by atoms with Gasteiger partial charge in [0.25, 0.3) is 5.91 Å². The summed E-state index contributed by atoms with van der Waals surface area (Å²) in [4.78, 5) is 25.0. The summed E-state index contributed by atoms with van der Waals surface area (Å²) < 4.78 is 6.47. The maximum absolute atomic E-state index is 12.2. The first-order valence-electron chi connectivity index (χ1n) is 8.95. The molecule has 2 aromatic carbocycles. The summed E-state index contributed by atoms with van der Waals surface area (Å²) in [5.41, 5.74) is 0.887. The molecule has 152 valence electrons. The van der Waals surface area contributed by atoms with Crippen molar-refractivity contribution in [3.63, 3.8) is 0 Å². The van der Waals surface area contributed by atoms with Crippen LogP contribution >= 0.6 is 23.4 Å². The zero-order chi connectivity index (χ0) is 21.3. The number of esters is 1. The Balaban J connectivity index is 1.51. The van der Waals surface area contributed by atoms with Crippen molar-refractivity contribution < 1.29 is 14.3 Å². The van der Waals surface area contributed by atoms with Crippen LogP contribution in [0.1, 0.15) is 12.0 Å². The fourth-order valence-corrected chi connectivity index (χ4v) is 3.68. The number of carbonyl (C=O) groups excluding carboxylic acids is 2. The van der Waals surface area contributed by atoms with Gasteiger partial charge >= 0.3 is 5.97 Å². The molecule has 0 bridgehead atoms. The van der Waals surface area contributed by atoms with E-state index in [-0.39, 0.29) is 17.8 Å². The Labute approximate surface area is 182 Å². The first-order valence-corrected chi connectivity index (χ1v) is 10.3. The van der Waals surface area contributed by atoms with Crippen LogP contribution in [-0.4, -0.2) is 34.0 Å². The Morgan fingerprint density at radius 2 is 1.90 bits per heavy atom. The van der Waals surface area contributed by atoms with E-state index < -0.39 is 18.5 Å². The highest BCUT2D eigenvalue weighted by Gasteiger charge is 2.16. The topological polar surface area (TPSA) is 97.0 Å². The molecule has 7 nitrogen and oxygen atoms in total. The Hall–Kier alpha value is -3.28. The van der Waals surface area contributed by atoms with Gasteiger partial charge in [0.1, 0.15) is 11.6 Å². The van der Waals surface area contributed by atoms with Gasteiger partial charge in [-0.3, -0.25) is 9.59 Å². The molecule has 0 aliphatic heterocycles. The van der Waals surface area contributed by atoms with E-state index in [4.69, 9.17) is 16.3 Å². The van der Waals surface area contributed by atoms with Crippen LogP contribution in [-0.2, 0) is 14.3 Å². The Bertz CT molecular complexity index is 1080. The number of rotatable bonds is 8. The first kappa shape index (κ1) is 21.4. The molecule has 0 aliphatic rings. The maximum atomic E-state index is 12.2. The molecule has 3 rings (SSSR count). The third-order valence-corrected chi connectivity index (χ3v) is 5.43. The summed E-state index contributed by atoms with van der Waals surface area (Å²) in [5.74, 6) is -0.360. The van der Waals surface area contributed by atoms with Gasteiger partial charge in [0.15, 0.2) is 12.4 Å². The zero-order valence-electron chi connectivity index (χ0n) is 15.7. The second kappa shape index (κ2) is 10.5. The highest BCUT2D eigenvalue weighted by atomic mass is 35.5. The Morgan fingerprint density at radius 1 is 1.17 bits per heavy atom. The van der Waals surface area contributed by atoms with E-state index in [2.05, 4.69) is 10.4 Å². The number of para-hydroxylation sites is 1. The van der Waals surface area contributed by atoms with Crippen molar-refractivity contribution in [2.24, 2.45) is 0 Å². The number of amides is 1. The smallest absolute Gasteiger partial charge is 0.307 e. The highest BCUT2D eigenvalue weighted by molar-refractivity contribution is 7.99. The fourth-order valence-electron chi connectivity index (χ4n) is 2.51. The summed E-state index contributed by atoms with van der Waals surface area (Å²) in [5, 5.41) is 16.6. The van der Waals surface area contributed by atoms with Crippen molar-refractivity contribution >= 4 is 41.1 Å². The van der Waals surface area contributed by atoms with Gasteiger partial charge in [-0.1, -0.05) is 41.9 Å². The molecule has 9 heteroatoms. The number of aromatic nitrogens is 2. The van der Waals surface area contributed by atoms with Crippen LogP contribution in [0.25, 0.3) is 5.69 Å². The fraction of sp³-hybridized carbons (Fsp3) is 0.143. The summed E-state index contributed by atoms with van der Waals surface area (Å²) in [6.07, 6.45) is 1.50. The SMILES string of the molecule is N#Cc1cnn(-c2ccccc2)c1NC(=O)COC(=O)CCSc1ccccc1Cl. The van der Waals surface area contributed by atoms with Crippen LogP contribution in [0.4, 0.5) is 5.82 Å². The Morgan fingerprint density at radius 3 is 2.63 bits per heavy atom. The molecule has 0 radical (unpaired) electrons. The third-order valence-electron chi connectivity index (χ3n) is 3.91. The van der Waals surface area contributed by atoms with Gasteiger partial charge in [0.2, 0.25) is 0 Å². The number of thioether (sulfide) groups is 1. The van der Waals surface area contributed by atoms with Gasteiger partial charge in [-0.05, 0) is 24.3 Å². The van der Waals surface area contributed by atoms with Crippen LogP contribution in [0.3, 0.4) is 0 Å². The molecule has 0 spiro atoms. The van der Waals surface area contributed by atoms with Crippen molar-refractivity contribution in [2.45, 2.75) is 11.3 Å². The molecule has 3 aromatic rings. The molecule has 0 saturated heterocycles. The van der Waals surface area contributed by atoms with E-state index >= 15 is 0 Å². The van der Waals surface area contributed by atoms with Crippen LogP contribution < -0.4 is 5.32 Å². The zero-order valence-corrected chi connectivity index (χ0v) is 17.3. The first-order chi connectivity index (χ1) is 14.6. The minimum atomic E-state index is -0.559. The quantitative estimate of drug-likeness (QED) is 0.419. The molecule has 1 aromatic heterocycles. The normalized spacial score (nSPS) is 10.3. The average molecular weight is 441 g/mol. The molecule has 0 unspecified atom stereocenters. The van der Waals surface area contributed by atoms with Gasteiger partial charge in [-0.25, -0.2) is 4.68 Å². The van der Waals surface area contributed by atoms with Crippen molar-refractivity contribution in [1.29, 1.82) is 5.26 Å². The number of anilines is 1.